The van der Waals surface area contributed by atoms with E-state index in [1.807, 2.05) is 62.4 Å². The molecule has 0 saturated heterocycles. The van der Waals surface area contributed by atoms with Crippen LogP contribution in [0.25, 0.3) is 55.4 Å². The molecule has 3 nitrogen and oxygen atoms in total. The quantitative estimate of drug-likeness (QED) is 0.370. The normalized spacial score (nSPS) is 11.1. The smallest absolute Gasteiger partial charge is 0.167 e. The van der Waals surface area contributed by atoms with E-state index in [2.05, 4.69) is 41.4 Å². The number of halogens is 1. The molecule has 0 radical (unpaired) electrons. The summed E-state index contributed by atoms with van der Waals surface area (Å²) < 4.78 is 21.1. The van der Waals surface area contributed by atoms with E-state index in [9.17, 15) is 9.65 Å². The zero-order valence-corrected chi connectivity index (χ0v) is 20.8. The van der Waals surface area contributed by atoms with Crippen LogP contribution in [0.15, 0.2) is 89.3 Å². The highest BCUT2D eigenvalue weighted by Gasteiger charge is 2.21. The molecule has 0 fully saturated rings. The van der Waals surface area contributed by atoms with Crippen molar-refractivity contribution in [3.63, 3.8) is 0 Å². The molecule has 0 N–H and O–H groups in total. The number of nitriles is 1. The van der Waals surface area contributed by atoms with Crippen molar-refractivity contribution in [1.82, 2.24) is 4.98 Å². The van der Waals surface area contributed by atoms with Gasteiger partial charge < -0.3 is 4.42 Å². The summed E-state index contributed by atoms with van der Waals surface area (Å²) in [6, 6.07) is 30.5. The molecule has 6 rings (SSSR count). The molecule has 0 atom stereocenters. The van der Waals surface area contributed by atoms with Crippen molar-refractivity contribution in [1.29, 1.82) is 5.26 Å². The van der Waals surface area contributed by atoms with Gasteiger partial charge in [-0.1, -0.05) is 71.6 Å². The summed E-state index contributed by atoms with van der Waals surface area (Å²) >= 11 is 0. The average Bonchev–Trinajstić information content (AvgIpc) is 3.34. The second kappa shape index (κ2) is 8.83. The lowest BCUT2D eigenvalue weighted by Crippen LogP contribution is -2.38. The van der Waals surface area contributed by atoms with Crippen LogP contribution < -0.4 is 16.5 Å². The fourth-order valence-electron chi connectivity index (χ4n) is 5.08. The minimum Gasteiger partial charge on any atom is -0.455 e. The minimum absolute atomic E-state index is 0.287. The Balaban J connectivity index is 1.64. The second-order valence-electron chi connectivity index (χ2n) is 9.32. The van der Waals surface area contributed by atoms with Gasteiger partial charge in [0.05, 0.1) is 17.3 Å². The number of fused-ring (bicyclic) bond motifs is 3. The van der Waals surface area contributed by atoms with Crippen molar-refractivity contribution in [2.75, 3.05) is 0 Å². The Morgan fingerprint density at radius 1 is 0.730 bits per heavy atom. The molecule has 7 heteroatoms. The zero-order chi connectivity index (χ0) is 25.7. The number of pyridine rings is 1. The van der Waals surface area contributed by atoms with E-state index >= 15 is 0 Å². The average molecular weight is 476 g/mol. The number of benzene rings is 4. The van der Waals surface area contributed by atoms with Gasteiger partial charge in [0, 0.05) is 27.5 Å². The number of aromatic nitrogens is 1. The Morgan fingerprint density at radius 3 is 2.24 bits per heavy atom. The lowest BCUT2D eigenvalue weighted by atomic mass is 9.76. The first kappa shape index (κ1) is 22.9. The number of furan rings is 1. The third-order valence-corrected chi connectivity index (χ3v) is 7.15. The van der Waals surface area contributed by atoms with Gasteiger partial charge in [0.15, 0.2) is 7.85 Å². The van der Waals surface area contributed by atoms with Crippen LogP contribution in [0, 0.1) is 17.1 Å². The molecule has 0 spiro atoms. The van der Waals surface area contributed by atoms with Crippen LogP contribution in [0.4, 0.5) is 4.39 Å². The first-order chi connectivity index (χ1) is 18.0. The largest absolute Gasteiger partial charge is 0.455 e. The van der Waals surface area contributed by atoms with E-state index in [-0.39, 0.29) is 5.82 Å². The second-order valence-corrected chi connectivity index (χ2v) is 9.32. The van der Waals surface area contributed by atoms with Gasteiger partial charge in [-0.15, -0.1) is 0 Å². The van der Waals surface area contributed by atoms with E-state index in [1.165, 1.54) is 0 Å². The predicted octanol–water partition coefficient (Wildman–Crippen LogP) is 2.77. The van der Waals surface area contributed by atoms with Gasteiger partial charge in [0.25, 0.3) is 0 Å². The highest BCUT2D eigenvalue weighted by Crippen LogP contribution is 2.41. The highest BCUT2D eigenvalue weighted by molar-refractivity contribution is 6.52. The summed E-state index contributed by atoms with van der Waals surface area (Å²) in [5.74, 6) is -0.287. The monoisotopic (exact) mass is 476 g/mol. The fraction of sp³-hybridized carbons (Fsp3) is 0. The Morgan fingerprint density at radius 2 is 1.46 bits per heavy atom. The van der Waals surface area contributed by atoms with Crippen molar-refractivity contribution >= 4 is 62.0 Å². The van der Waals surface area contributed by atoms with Gasteiger partial charge >= 0.3 is 0 Å². The Bertz CT molecular complexity index is 1890. The molecule has 0 saturated carbocycles. The number of nitrogens with zero attached hydrogens (tertiary/aromatic N) is 2. The van der Waals surface area contributed by atoms with E-state index in [0.29, 0.717) is 33.5 Å². The molecule has 0 amide bonds. The molecule has 37 heavy (non-hydrogen) atoms. The molecule has 6 aromatic rings. The molecule has 2 aromatic heterocycles. The summed E-state index contributed by atoms with van der Waals surface area (Å²) in [5, 5.41) is 11.6. The van der Waals surface area contributed by atoms with Crippen molar-refractivity contribution in [2.45, 2.75) is 0 Å². The van der Waals surface area contributed by atoms with E-state index < -0.39 is 0 Å². The van der Waals surface area contributed by atoms with E-state index in [0.717, 1.165) is 44.1 Å². The molecule has 0 aliphatic rings. The van der Waals surface area contributed by atoms with Gasteiger partial charge in [0.2, 0.25) is 0 Å². The SMILES string of the molecule is Bc1nc(-c2cccc3c2oc2c(-c4cccc(-c5ccccc5)c4)ccc(C#N)c23)c(B)c(B)c1F. The maximum atomic E-state index is 14.5. The fourth-order valence-corrected chi connectivity index (χ4v) is 5.08. The lowest BCUT2D eigenvalue weighted by Gasteiger charge is -2.12. The molecule has 4 aromatic carbocycles. The minimum atomic E-state index is -0.287. The van der Waals surface area contributed by atoms with Gasteiger partial charge in [-0.05, 0) is 41.0 Å². The molecule has 0 unspecified atom stereocenters. The van der Waals surface area contributed by atoms with Crippen molar-refractivity contribution in [3.05, 3.63) is 96.3 Å². The Kier molecular flexibility index (Phi) is 5.46. The van der Waals surface area contributed by atoms with Crippen LogP contribution in [0.1, 0.15) is 5.56 Å². The van der Waals surface area contributed by atoms with Crippen LogP contribution in [-0.4, -0.2) is 28.5 Å². The van der Waals surface area contributed by atoms with Crippen LogP contribution >= 0.6 is 0 Å². The summed E-state index contributed by atoms with van der Waals surface area (Å²) in [5.41, 5.74) is 9.14. The van der Waals surface area contributed by atoms with Gasteiger partial charge in [-0.3, -0.25) is 4.98 Å². The van der Waals surface area contributed by atoms with Crippen LogP contribution in [0.2, 0.25) is 0 Å². The molecule has 0 bridgehead atoms. The predicted molar refractivity (Wildman–Crippen MR) is 157 cm³/mol. The van der Waals surface area contributed by atoms with Crippen molar-refractivity contribution in [3.8, 4) is 39.6 Å². The molecule has 172 valence electrons. The number of para-hydroxylation sites is 1. The first-order valence-corrected chi connectivity index (χ1v) is 12.2. The zero-order valence-electron chi connectivity index (χ0n) is 20.8. The van der Waals surface area contributed by atoms with Gasteiger partial charge in [-0.25, -0.2) is 4.39 Å². The molecular formula is C30H20B3FN2O. The van der Waals surface area contributed by atoms with Gasteiger partial charge in [-0.2, -0.15) is 5.26 Å². The van der Waals surface area contributed by atoms with Crippen LogP contribution in [-0.2, 0) is 0 Å². The topological polar surface area (TPSA) is 49.8 Å². The Hall–Kier alpha value is -4.56. The maximum Gasteiger partial charge on any atom is 0.167 e. The number of hydrogen-bond acceptors (Lipinski definition) is 3. The van der Waals surface area contributed by atoms with E-state index in [4.69, 9.17) is 4.42 Å². The highest BCUT2D eigenvalue weighted by atomic mass is 19.1. The summed E-state index contributed by atoms with van der Waals surface area (Å²) in [6.45, 7) is 0. The first-order valence-electron chi connectivity index (χ1n) is 12.2. The standard InChI is InChI=1S/C30H20B3FN2O/c31-24-25(32)27(36-30(33)26(24)34)22-11-5-10-21-23-19(15-35)12-13-20(29(23)37-28(21)22)18-9-4-8-17(14-18)16-6-2-1-3-7-16/h1-14H,31-33H2. The summed E-state index contributed by atoms with van der Waals surface area (Å²) in [7, 11) is 5.33. The van der Waals surface area contributed by atoms with Crippen LogP contribution in [0.5, 0.6) is 0 Å². The van der Waals surface area contributed by atoms with Gasteiger partial charge in [0.1, 0.15) is 32.7 Å². The number of hydrogen-bond donors (Lipinski definition) is 0. The maximum absolute atomic E-state index is 14.5. The molecule has 0 aliphatic heterocycles. The van der Waals surface area contributed by atoms with E-state index in [1.54, 1.807) is 15.7 Å². The third kappa shape index (κ3) is 3.65. The Labute approximate surface area is 216 Å². The molecule has 0 aliphatic carbocycles. The van der Waals surface area contributed by atoms with Crippen molar-refractivity contribution in [2.24, 2.45) is 0 Å². The summed E-state index contributed by atoms with van der Waals surface area (Å²) in [4.78, 5) is 4.59. The number of rotatable bonds is 3. The third-order valence-electron chi connectivity index (χ3n) is 7.15. The van der Waals surface area contributed by atoms with Crippen LogP contribution in [0.3, 0.4) is 0 Å². The molecule has 2 heterocycles. The van der Waals surface area contributed by atoms with Crippen molar-refractivity contribution < 1.29 is 8.81 Å². The summed E-state index contributed by atoms with van der Waals surface area (Å²) in [6.07, 6.45) is 0. The molecular weight excluding hydrogens is 456 g/mol. The lowest BCUT2D eigenvalue weighted by molar-refractivity contribution is 0.641.